The van der Waals surface area contributed by atoms with Gasteiger partial charge in [-0.2, -0.15) is 0 Å². The van der Waals surface area contributed by atoms with Gasteiger partial charge in [0.2, 0.25) is 11.7 Å². The predicted molar refractivity (Wildman–Crippen MR) is 134 cm³/mol. The number of piperidine rings is 1. The molecule has 7 heteroatoms. The van der Waals surface area contributed by atoms with Crippen LogP contribution in [0, 0.1) is 5.92 Å². The van der Waals surface area contributed by atoms with Crippen molar-refractivity contribution < 1.29 is 28.8 Å². The SMILES string of the molecule is COc1ccccc1[C@H]1C2CCCCC2(O)CCN1C(=O)C=Cc1cc(OC)c(OC)c(OC)c1. The van der Waals surface area contributed by atoms with E-state index in [4.69, 9.17) is 18.9 Å². The van der Waals surface area contributed by atoms with E-state index in [0.717, 1.165) is 42.6 Å². The topological polar surface area (TPSA) is 77.5 Å². The third kappa shape index (κ3) is 4.82. The maximum Gasteiger partial charge on any atom is 0.247 e. The Morgan fingerprint density at radius 1 is 0.971 bits per heavy atom. The molecule has 2 aromatic rings. The second-order valence-corrected chi connectivity index (χ2v) is 9.22. The summed E-state index contributed by atoms with van der Waals surface area (Å²) >= 11 is 0. The number of rotatable bonds is 7. The Labute approximate surface area is 207 Å². The highest BCUT2D eigenvalue weighted by Crippen LogP contribution is 2.51. The van der Waals surface area contributed by atoms with Gasteiger partial charge in [-0.3, -0.25) is 4.79 Å². The summed E-state index contributed by atoms with van der Waals surface area (Å²) in [5.41, 5.74) is 0.934. The molecule has 188 valence electrons. The number of carbonyl (C=O) groups excluding carboxylic acids is 1. The zero-order valence-electron chi connectivity index (χ0n) is 21.0. The summed E-state index contributed by atoms with van der Waals surface area (Å²) in [5, 5.41) is 11.5. The van der Waals surface area contributed by atoms with Crippen LogP contribution in [-0.2, 0) is 4.79 Å². The Balaban J connectivity index is 1.68. The Bertz CT molecular complexity index is 1060. The Hall–Kier alpha value is -3.19. The molecule has 2 aliphatic rings. The molecule has 35 heavy (non-hydrogen) atoms. The minimum Gasteiger partial charge on any atom is -0.496 e. The van der Waals surface area contributed by atoms with Gasteiger partial charge in [-0.05, 0) is 49.1 Å². The number of ether oxygens (including phenoxy) is 4. The quantitative estimate of drug-likeness (QED) is 0.581. The van der Waals surface area contributed by atoms with Gasteiger partial charge in [0.15, 0.2) is 11.5 Å². The number of methoxy groups -OCH3 is 4. The van der Waals surface area contributed by atoms with E-state index in [1.54, 1.807) is 52.7 Å². The van der Waals surface area contributed by atoms with E-state index >= 15 is 0 Å². The number of fused-ring (bicyclic) bond motifs is 1. The van der Waals surface area contributed by atoms with Crippen LogP contribution in [0.1, 0.15) is 49.3 Å². The number of aliphatic hydroxyl groups is 1. The first-order chi connectivity index (χ1) is 17.0. The van der Waals surface area contributed by atoms with Crippen LogP contribution in [0.25, 0.3) is 6.08 Å². The molecule has 1 saturated carbocycles. The average molecular weight is 482 g/mol. The fraction of sp³-hybridized carbons (Fsp3) is 0.464. The molecule has 1 amide bonds. The summed E-state index contributed by atoms with van der Waals surface area (Å²) in [5.74, 6) is 2.13. The first-order valence-corrected chi connectivity index (χ1v) is 12.1. The van der Waals surface area contributed by atoms with Crippen LogP contribution in [0.2, 0.25) is 0 Å². The molecule has 2 aromatic carbocycles. The molecule has 2 unspecified atom stereocenters. The monoisotopic (exact) mass is 481 g/mol. The maximum absolute atomic E-state index is 13.6. The van der Waals surface area contributed by atoms with Crippen LogP contribution in [0.5, 0.6) is 23.0 Å². The lowest BCUT2D eigenvalue weighted by Crippen LogP contribution is -2.56. The molecule has 0 radical (unpaired) electrons. The molecular weight excluding hydrogens is 446 g/mol. The van der Waals surface area contributed by atoms with Gasteiger partial charge in [-0.25, -0.2) is 0 Å². The van der Waals surface area contributed by atoms with Gasteiger partial charge in [0, 0.05) is 24.1 Å². The highest BCUT2D eigenvalue weighted by Gasteiger charge is 2.50. The van der Waals surface area contributed by atoms with E-state index in [2.05, 4.69) is 0 Å². The molecule has 0 spiro atoms. The van der Waals surface area contributed by atoms with Crippen LogP contribution >= 0.6 is 0 Å². The summed E-state index contributed by atoms with van der Waals surface area (Å²) in [7, 11) is 6.32. The van der Waals surface area contributed by atoms with Crippen LogP contribution in [0.3, 0.4) is 0 Å². The smallest absolute Gasteiger partial charge is 0.247 e. The predicted octanol–water partition coefficient (Wildman–Crippen LogP) is 4.63. The van der Waals surface area contributed by atoms with Crippen molar-refractivity contribution in [3.8, 4) is 23.0 Å². The Morgan fingerprint density at radius 3 is 2.31 bits per heavy atom. The summed E-state index contributed by atoms with van der Waals surface area (Å²) in [6, 6.07) is 11.2. The minimum atomic E-state index is -0.763. The molecule has 1 saturated heterocycles. The van der Waals surface area contributed by atoms with Gasteiger partial charge >= 0.3 is 0 Å². The van der Waals surface area contributed by atoms with Gasteiger partial charge in [0.25, 0.3) is 0 Å². The molecular formula is C28H35NO6. The standard InChI is InChI=1S/C28H35NO6/c1-32-22-11-6-5-9-20(22)26-21-10-7-8-14-28(21,31)15-16-29(26)25(30)13-12-19-17-23(33-2)27(35-4)24(18-19)34-3/h5-6,9,11-13,17-18,21,26,31H,7-8,10,14-16H2,1-4H3/t21?,26-,28?/m0/s1. The zero-order valence-corrected chi connectivity index (χ0v) is 21.0. The molecule has 1 heterocycles. The second-order valence-electron chi connectivity index (χ2n) is 9.22. The van der Waals surface area contributed by atoms with E-state index in [9.17, 15) is 9.90 Å². The summed E-state index contributed by atoms with van der Waals surface area (Å²) < 4.78 is 21.9. The molecule has 2 fully saturated rings. The summed E-state index contributed by atoms with van der Waals surface area (Å²) in [4.78, 5) is 15.5. The zero-order chi connectivity index (χ0) is 25.0. The van der Waals surface area contributed by atoms with Crippen molar-refractivity contribution in [2.45, 2.75) is 43.7 Å². The molecule has 1 aliphatic heterocycles. The molecule has 0 aromatic heterocycles. The van der Waals surface area contributed by atoms with Crippen LogP contribution in [-0.4, -0.2) is 56.5 Å². The number of benzene rings is 2. The average Bonchev–Trinajstić information content (AvgIpc) is 2.89. The van der Waals surface area contributed by atoms with Crippen molar-refractivity contribution in [3.05, 3.63) is 53.6 Å². The molecule has 3 atom stereocenters. The lowest BCUT2D eigenvalue weighted by molar-refractivity contribution is -0.151. The van der Waals surface area contributed by atoms with E-state index < -0.39 is 5.60 Å². The highest BCUT2D eigenvalue weighted by molar-refractivity contribution is 5.92. The third-order valence-corrected chi connectivity index (χ3v) is 7.41. The molecule has 7 nitrogen and oxygen atoms in total. The molecule has 1 N–H and O–H groups in total. The third-order valence-electron chi connectivity index (χ3n) is 7.41. The molecule has 0 bridgehead atoms. The van der Waals surface area contributed by atoms with E-state index in [1.807, 2.05) is 29.2 Å². The number of nitrogens with zero attached hydrogens (tertiary/aromatic N) is 1. The number of likely N-dealkylation sites (tertiary alicyclic amines) is 1. The minimum absolute atomic E-state index is 0.0418. The van der Waals surface area contributed by atoms with E-state index in [1.165, 1.54) is 0 Å². The number of carbonyl (C=O) groups is 1. The first-order valence-electron chi connectivity index (χ1n) is 12.1. The Morgan fingerprint density at radius 2 is 1.66 bits per heavy atom. The van der Waals surface area contributed by atoms with Crippen LogP contribution in [0.4, 0.5) is 0 Å². The largest absolute Gasteiger partial charge is 0.496 e. The van der Waals surface area contributed by atoms with Crippen LogP contribution < -0.4 is 18.9 Å². The Kier molecular flexibility index (Phi) is 7.55. The van der Waals surface area contributed by atoms with E-state index in [0.29, 0.717) is 30.2 Å². The molecule has 4 rings (SSSR count). The highest BCUT2D eigenvalue weighted by atomic mass is 16.5. The second kappa shape index (κ2) is 10.6. The first kappa shape index (κ1) is 24.9. The van der Waals surface area contributed by atoms with Crippen molar-refractivity contribution in [2.24, 2.45) is 5.92 Å². The van der Waals surface area contributed by atoms with Crippen molar-refractivity contribution >= 4 is 12.0 Å². The normalized spacial score (nSPS) is 24.1. The number of para-hydroxylation sites is 1. The fourth-order valence-electron chi connectivity index (χ4n) is 5.69. The van der Waals surface area contributed by atoms with Crippen molar-refractivity contribution in [1.82, 2.24) is 4.90 Å². The van der Waals surface area contributed by atoms with Gasteiger partial charge in [-0.1, -0.05) is 31.0 Å². The molecule has 1 aliphatic carbocycles. The maximum atomic E-state index is 13.6. The van der Waals surface area contributed by atoms with Gasteiger partial charge in [-0.15, -0.1) is 0 Å². The van der Waals surface area contributed by atoms with Crippen molar-refractivity contribution in [1.29, 1.82) is 0 Å². The number of hydrogen-bond donors (Lipinski definition) is 1. The fourth-order valence-corrected chi connectivity index (χ4v) is 5.69. The van der Waals surface area contributed by atoms with Gasteiger partial charge in [0.1, 0.15) is 5.75 Å². The lowest BCUT2D eigenvalue weighted by Gasteiger charge is -2.52. The number of amides is 1. The lowest BCUT2D eigenvalue weighted by atomic mass is 9.66. The van der Waals surface area contributed by atoms with Crippen LogP contribution in [0.15, 0.2) is 42.5 Å². The number of hydrogen-bond acceptors (Lipinski definition) is 6. The van der Waals surface area contributed by atoms with Gasteiger partial charge in [0.05, 0.1) is 40.1 Å². The van der Waals surface area contributed by atoms with Gasteiger partial charge < -0.3 is 29.0 Å². The summed E-state index contributed by atoms with van der Waals surface area (Å²) in [6.07, 6.45) is 7.62. The summed E-state index contributed by atoms with van der Waals surface area (Å²) in [6.45, 7) is 0.480. The van der Waals surface area contributed by atoms with E-state index in [-0.39, 0.29) is 17.9 Å². The van der Waals surface area contributed by atoms with Crippen molar-refractivity contribution in [3.63, 3.8) is 0 Å². The van der Waals surface area contributed by atoms with Crippen molar-refractivity contribution in [2.75, 3.05) is 35.0 Å².